The molecule has 7 nitrogen and oxygen atoms in total. The predicted octanol–water partition coefficient (Wildman–Crippen LogP) is 2.97. The summed E-state index contributed by atoms with van der Waals surface area (Å²) in [6.07, 6.45) is -5.46. The van der Waals surface area contributed by atoms with E-state index < -0.39 is 59.1 Å². The number of carbonyl (C=O) groups is 2. The van der Waals surface area contributed by atoms with Gasteiger partial charge in [-0.3, -0.25) is 4.79 Å². The minimum absolute atomic E-state index is 0.126. The van der Waals surface area contributed by atoms with Crippen molar-refractivity contribution in [1.29, 1.82) is 0 Å². The maximum Gasteiger partial charge on any atom is 0.449 e. The highest BCUT2D eigenvalue weighted by atomic mass is 19.4. The van der Waals surface area contributed by atoms with Crippen LogP contribution in [0.15, 0.2) is 12.1 Å². The fourth-order valence-electron chi connectivity index (χ4n) is 3.88. The predicted molar refractivity (Wildman–Crippen MR) is 101 cm³/mol. The number of nitrogens with zero attached hydrogens (tertiary/aromatic N) is 3. The molecule has 0 unspecified atom stereocenters. The van der Waals surface area contributed by atoms with Crippen LogP contribution in [0.1, 0.15) is 47.0 Å². The number of esters is 1. The number of nitrogens with two attached hydrogens (primary N) is 1. The maximum absolute atomic E-state index is 13.9. The van der Waals surface area contributed by atoms with Gasteiger partial charge in [0.15, 0.2) is 17.3 Å². The highest BCUT2D eigenvalue weighted by Gasteiger charge is 2.44. The number of hydrogen-bond donors (Lipinski definition) is 1. The van der Waals surface area contributed by atoms with Crippen LogP contribution in [-0.2, 0) is 28.7 Å². The number of aromatic nitrogens is 2. The van der Waals surface area contributed by atoms with Gasteiger partial charge >= 0.3 is 12.1 Å². The summed E-state index contributed by atoms with van der Waals surface area (Å²) in [7, 11) is 0.994. The van der Waals surface area contributed by atoms with E-state index in [4.69, 9.17) is 5.73 Å². The van der Waals surface area contributed by atoms with Crippen LogP contribution in [0.2, 0.25) is 0 Å². The van der Waals surface area contributed by atoms with Crippen molar-refractivity contribution in [1.82, 2.24) is 14.5 Å². The average Bonchev–Trinajstić information content (AvgIpc) is 3.12. The van der Waals surface area contributed by atoms with Gasteiger partial charge in [0.05, 0.1) is 18.8 Å². The topological polar surface area (TPSA) is 90.5 Å². The van der Waals surface area contributed by atoms with Crippen molar-refractivity contribution in [3.05, 3.63) is 52.4 Å². The van der Waals surface area contributed by atoms with Crippen LogP contribution < -0.4 is 5.73 Å². The molecule has 13 heteroatoms. The van der Waals surface area contributed by atoms with E-state index in [1.54, 1.807) is 0 Å². The highest BCUT2D eigenvalue weighted by molar-refractivity contribution is 5.89. The first kappa shape index (κ1) is 24.6. The van der Waals surface area contributed by atoms with Gasteiger partial charge in [0.1, 0.15) is 5.82 Å². The Morgan fingerprint density at radius 2 is 1.82 bits per heavy atom. The second-order valence-corrected chi connectivity index (χ2v) is 7.60. The number of rotatable bonds is 5. The Morgan fingerprint density at radius 3 is 2.42 bits per heavy atom. The molecule has 3 rings (SSSR count). The third-order valence-electron chi connectivity index (χ3n) is 5.40. The lowest BCUT2D eigenvalue weighted by Crippen LogP contribution is -2.44. The van der Waals surface area contributed by atoms with Gasteiger partial charge in [0.25, 0.3) is 0 Å². The van der Waals surface area contributed by atoms with Crippen molar-refractivity contribution in [3.63, 3.8) is 0 Å². The van der Waals surface area contributed by atoms with E-state index in [1.807, 2.05) is 0 Å². The summed E-state index contributed by atoms with van der Waals surface area (Å²) in [6, 6.07) is -0.934. The van der Waals surface area contributed by atoms with Gasteiger partial charge in [-0.25, -0.2) is 22.9 Å². The summed E-state index contributed by atoms with van der Waals surface area (Å²) in [4.78, 5) is 29.5. The molecule has 2 N–H and O–H groups in total. The Bertz CT molecular complexity index is 1080. The zero-order chi connectivity index (χ0) is 24.7. The molecule has 1 aliphatic rings. The smallest absolute Gasteiger partial charge is 0.449 e. The van der Waals surface area contributed by atoms with Crippen molar-refractivity contribution >= 4 is 11.9 Å². The van der Waals surface area contributed by atoms with E-state index in [1.165, 1.54) is 11.8 Å². The lowest BCUT2D eigenvalue weighted by Gasteiger charge is -2.36. The molecule has 180 valence electrons. The Morgan fingerprint density at radius 1 is 1.18 bits per heavy atom. The second-order valence-electron chi connectivity index (χ2n) is 7.60. The number of ether oxygens (including phenoxy) is 1. The summed E-state index contributed by atoms with van der Waals surface area (Å²) >= 11 is 0. The largest absolute Gasteiger partial charge is 0.464 e. The van der Waals surface area contributed by atoms with Crippen molar-refractivity contribution in [3.8, 4) is 0 Å². The molecule has 0 saturated heterocycles. The van der Waals surface area contributed by atoms with E-state index in [2.05, 4.69) is 9.72 Å². The molecule has 0 radical (unpaired) electrons. The van der Waals surface area contributed by atoms with Crippen LogP contribution in [0.4, 0.5) is 26.3 Å². The van der Waals surface area contributed by atoms with Crippen molar-refractivity contribution in [2.75, 3.05) is 13.7 Å². The normalized spacial score (nSPS) is 17.0. The fourth-order valence-corrected chi connectivity index (χ4v) is 3.88. The summed E-state index contributed by atoms with van der Waals surface area (Å²) < 4.78 is 85.9. The summed E-state index contributed by atoms with van der Waals surface area (Å²) in [5.74, 6) is -6.58. The van der Waals surface area contributed by atoms with E-state index in [-0.39, 0.29) is 37.2 Å². The third-order valence-corrected chi connectivity index (χ3v) is 5.40. The summed E-state index contributed by atoms with van der Waals surface area (Å²) in [5.41, 5.74) is 5.00. The molecule has 33 heavy (non-hydrogen) atoms. The van der Waals surface area contributed by atoms with E-state index in [0.717, 1.165) is 11.7 Å². The van der Waals surface area contributed by atoms with Crippen molar-refractivity contribution in [2.24, 2.45) is 5.73 Å². The Labute approximate surface area is 184 Å². The lowest BCUT2D eigenvalue weighted by molar-refractivity contribution is -0.148. The molecular formula is C20H20F6N4O3. The average molecular weight is 478 g/mol. The molecule has 2 atom stereocenters. The van der Waals surface area contributed by atoms with Gasteiger partial charge in [-0.05, 0) is 25.0 Å². The van der Waals surface area contributed by atoms with Crippen LogP contribution in [0.3, 0.4) is 0 Å². The minimum Gasteiger partial charge on any atom is -0.464 e. The molecule has 1 aromatic heterocycles. The van der Waals surface area contributed by atoms with Gasteiger partial charge in [-0.1, -0.05) is 0 Å². The fraction of sp³-hybridized carbons (Fsp3) is 0.450. The molecule has 0 bridgehead atoms. The molecule has 1 aliphatic heterocycles. The van der Waals surface area contributed by atoms with Gasteiger partial charge in [-0.2, -0.15) is 13.2 Å². The number of fused-ring (bicyclic) bond motifs is 1. The van der Waals surface area contributed by atoms with Crippen LogP contribution in [0.5, 0.6) is 0 Å². The lowest BCUT2D eigenvalue weighted by atomic mass is 10.0. The summed E-state index contributed by atoms with van der Waals surface area (Å²) in [6.45, 7) is 1.02. The van der Waals surface area contributed by atoms with Crippen LogP contribution >= 0.6 is 0 Å². The quantitative estimate of drug-likeness (QED) is 0.406. The van der Waals surface area contributed by atoms with Crippen LogP contribution in [0.25, 0.3) is 0 Å². The first-order valence-corrected chi connectivity index (χ1v) is 9.79. The first-order valence-electron chi connectivity index (χ1n) is 9.79. The van der Waals surface area contributed by atoms with E-state index >= 15 is 0 Å². The molecule has 0 spiro atoms. The number of benzene rings is 1. The number of halogens is 6. The molecule has 1 amide bonds. The monoisotopic (exact) mass is 478 g/mol. The Hall–Kier alpha value is -3.09. The molecule has 0 fully saturated rings. The Balaban J connectivity index is 1.81. The van der Waals surface area contributed by atoms with Gasteiger partial charge in [0, 0.05) is 31.6 Å². The number of carbonyl (C=O) groups excluding carboxylic acids is 2. The molecule has 0 saturated carbocycles. The number of alkyl halides is 3. The van der Waals surface area contributed by atoms with Crippen molar-refractivity contribution in [2.45, 2.75) is 44.6 Å². The van der Waals surface area contributed by atoms with E-state index in [9.17, 15) is 35.9 Å². The summed E-state index contributed by atoms with van der Waals surface area (Å²) in [5, 5.41) is 0. The molecule has 0 aliphatic carbocycles. The van der Waals surface area contributed by atoms with Gasteiger partial charge in [0.2, 0.25) is 11.7 Å². The van der Waals surface area contributed by atoms with Gasteiger partial charge < -0.3 is 19.9 Å². The van der Waals surface area contributed by atoms with Crippen molar-refractivity contribution < 1.29 is 40.7 Å². The van der Waals surface area contributed by atoms with Gasteiger partial charge in [-0.15, -0.1) is 0 Å². The number of amides is 1. The number of methoxy groups -OCH3 is 1. The minimum atomic E-state index is -4.83. The SMILES string of the molecule is COC(=O)c1nc(C(F)(F)F)n2c1[C@@H](C)N(C(=O)C[C@H](N)Cc1cc(F)c(F)cc1F)CC2. The third kappa shape index (κ3) is 4.82. The standard InChI is InChI=1S/C20H20F6N4O3/c1-9-17-16(18(32)33-2)28-19(20(24,25)26)30(17)4-3-29(9)15(31)7-11(27)5-10-6-13(22)14(23)8-12(10)21/h6,8-9,11H,3-5,7,27H2,1-2H3/t9-,11-/m1/s1. The Kier molecular flexibility index (Phi) is 6.73. The first-order chi connectivity index (χ1) is 15.3. The maximum atomic E-state index is 13.9. The molecular weight excluding hydrogens is 458 g/mol. The molecule has 1 aromatic carbocycles. The van der Waals surface area contributed by atoms with Crippen LogP contribution in [0, 0.1) is 17.5 Å². The second kappa shape index (κ2) is 9.04. The van der Waals surface area contributed by atoms with E-state index in [0.29, 0.717) is 12.1 Å². The number of imidazole rings is 1. The molecule has 2 aromatic rings. The zero-order valence-electron chi connectivity index (χ0n) is 17.5. The highest BCUT2D eigenvalue weighted by Crippen LogP contribution is 2.36. The van der Waals surface area contributed by atoms with Crippen LogP contribution in [-0.4, -0.2) is 46.0 Å². The number of hydrogen-bond acceptors (Lipinski definition) is 5. The zero-order valence-corrected chi connectivity index (χ0v) is 17.5. The molecule has 2 heterocycles.